The van der Waals surface area contributed by atoms with Crippen LogP contribution in [0.25, 0.3) is 10.9 Å². The van der Waals surface area contributed by atoms with Gasteiger partial charge in [0.2, 0.25) is 0 Å². The van der Waals surface area contributed by atoms with E-state index in [-0.39, 0.29) is 5.91 Å². The Hall–Kier alpha value is -3.53. The third-order valence-corrected chi connectivity index (χ3v) is 4.38. The highest BCUT2D eigenvalue weighted by Crippen LogP contribution is 2.22. The predicted molar refractivity (Wildman–Crippen MR) is 107 cm³/mol. The van der Waals surface area contributed by atoms with Gasteiger partial charge < -0.3 is 15.0 Å². The van der Waals surface area contributed by atoms with Crippen LogP contribution in [0.3, 0.4) is 0 Å². The fraction of sp³-hybridized carbons (Fsp3) is 0.0870. The van der Waals surface area contributed by atoms with Gasteiger partial charge in [-0.05, 0) is 29.3 Å². The molecule has 0 atom stereocenters. The second kappa shape index (κ2) is 7.79. The molecule has 1 amide bonds. The maximum atomic E-state index is 12.4. The second-order valence-electron chi connectivity index (χ2n) is 6.37. The highest BCUT2D eigenvalue weighted by atomic mass is 16.5. The van der Waals surface area contributed by atoms with E-state index in [1.54, 1.807) is 0 Å². The highest BCUT2D eigenvalue weighted by Gasteiger charge is 2.10. The predicted octanol–water partition coefficient (Wildman–Crippen LogP) is 4.68. The molecule has 3 aromatic carbocycles. The Morgan fingerprint density at radius 3 is 2.30 bits per heavy atom. The van der Waals surface area contributed by atoms with E-state index in [2.05, 4.69) is 10.3 Å². The molecule has 0 fully saturated rings. The van der Waals surface area contributed by atoms with Gasteiger partial charge in [0.05, 0.1) is 0 Å². The Morgan fingerprint density at radius 1 is 0.852 bits per heavy atom. The van der Waals surface area contributed by atoms with Gasteiger partial charge in [0.1, 0.15) is 18.1 Å². The minimum absolute atomic E-state index is 0.123. The Kier molecular flexibility index (Phi) is 4.88. The van der Waals surface area contributed by atoms with E-state index in [1.165, 1.54) is 0 Å². The number of rotatable bonds is 6. The number of ether oxygens (including phenoxy) is 1. The first kappa shape index (κ1) is 16.9. The molecule has 0 unspecified atom stereocenters. The molecular weight excluding hydrogens is 336 g/mol. The Balaban J connectivity index is 1.43. The SMILES string of the molecule is O=C(NCc1ccccc1)c1cc2ccc(OCc3ccccc3)cc2[nH]1. The number of hydrogen-bond acceptors (Lipinski definition) is 2. The second-order valence-corrected chi connectivity index (χ2v) is 6.37. The van der Waals surface area contributed by atoms with Gasteiger partial charge in [0, 0.05) is 23.5 Å². The zero-order valence-electron chi connectivity index (χ0n) is 14.8. The summed E-state index contributed by atoms with van der Waals surface area (Å²) in [5, 5.41) is 3.91. The van der Waals surface area contributed by atoms with E-state index in [9.17, 15) is 4.79 Å². The summed E-state index contributed by atoms with van der Waals surface area (Å²) in [6.45, 7) is 1.01. The number of carbonyl (C=O) groups excluding carboxylic acids is 1. The first-order valence-corrected chi connectivity index (χ1v) is 8.89. The number of aromatic nitrogens is 1. The molecule has 4 heteroatoms. The number of benzene rings is 3. The molecule has 1 aromatic heterocycles. The van der Waals surface area contributed by atoms with E-state index in [0.717, 1.165) is 27.8 Å². The van der Waals surface area contributed by atoms with Crippen LogP contribution < -0.4 is 10.1 Å². The lowest BCUT2D eigenvalue weighted by Crippen LogP contribution is -2.22. The molecule has 0 saturated carbocycles. The van der Waals surface area contributed by atoms with Gasteiger partial charge in [-0.3, -0.25) is 4.79 Å². The van der Waals surface area contributed by atoms with Crippen molar-refractivity contribution in [3.05, 3.63) is 102 Å². The minimum Gasteiger partial charge on any atom is -0.489 e. The standard InChI is InChI=1S/C23H20N2O2/c26-23(24-15-17-7-3-1-4-8-17)22-13-19-11-12-20(14-21(19)25-22)27-16-18-9-5-2-6-10-18/h1-14,25H,15-16H2,(H,24,26). The van der Waals surface area contributed by atoms with Gasteiger partial charge in [-0.2, -0.15) is 0 Å². The summed E-state index contributed by atoms with van der Waals surface area (Å²) in [6.07, 6.45) is 0. The van der Waals surface area contributed by atoms with Crippen LogP contribution in [-0.4, -0.2) is 10.9 Å². The molecule has 0 aliphatic heterocycles. The third kappa shape index (κ3) is 4.18. The number of carbonyl (C=O) groups is 1. The molecule has 0 spiro atoms. The zero-order chi connectivity index (χ0) is 18.5. The monoisotopic (exact) mass is 356 g/mol. The largest absolute Gasteiger partial charge is 0.489 e. The average Bonchev–Trinajstić information content (AvgIpc) is 3.15. The molecule has 0 aliphatic rings. The molecule has 2 N–H and O–H groups in total. The van der Waals surface area contributed by atoms with Gasteiger partial charge in [-0.1, -0.05) is 60.7 Å². The Bertz CT molecular complexity index is 1040. The normalized spacial score (nSPS) is 10.7. The fourth-order valence-electron chi connectivity index (χ4n) is 2.93. The van der Waals surface area contributed by atoms with Crippen LogP contribution in [0.2, 0.25) is 0 Å². The smallest absolute Gasteiger partial charge is 0.267 e. The van der Waals surface area contributed by atoms with E-state index in [4.69, 9.17) is 4.74 Å². The van der Waals surface area contributed by atoms with Crippen LogP contribution in [0.15, 0.2) is 84.9 Å². The van der Waals surface area contributed by atoms with Crippen LogP contribution in [0.5, 0.6) is 5.75 Å². The average molecular weight is 356 g/mol. The topological polar surface area (TPSA) is 54.1 Å². The first-order chi connectivity index (χ1) is 13.3. The molecule has 4 aromatic rings. The van der Waals surface area contributed by atoms with Gasteiger partial charge >= 0.3 is 0 Å². The highest BCUT2D eigenvalue weighted by molar-refractivity contribution is 5.98. The summed E-state index contributed by atoms with van der Waals surface area (Å²) >= 11 is 0. The number of aromatic amines is 1. The molecular formula is C23H20N2O2. The molecule has 0 radical (unpaired) electrons. The van der Waals surface area contributed by atoms with Crippen LogP contribution in [-0.2, 0) is 13.2 Å². The number of fused-ring (bicyclic) bond motifs is 1. The molecule has 1 heterocycles. The van der Waals surface area contributed by atoms with Crippen LogP contribution in [0, 0.1) is 0 Å². The van der Waals surface area contributed by atoms with Gasteiger partial charge in [0.25, 0.3) is 5.91 Å². The Labute approximate surface area is 157 Å². The summed E-state index contributed by atoms with van der Waals surface area (Å²) in [5.41, 5.74) is 3.61. The molecule has 0 bridgehead atoms. The van der Waals surface area contributed by atoms with Crippen LogP contribution in [0.4, 0.5) is 0 Å². The molecule has 4 rings (SSSR count). The molecule has 0 aliphatic carbocycles. The summed E-state index contributed by atoms with van der Waals surface area (Å²) < 4.78 is 5.85. The van der Waals surface area contributed by atoms with Crippen molar-refractivity contribution in [3.63, 3.8) is 0 Å². The van der Waals surface area contributed by atoms with Crippen LogP contribution in [0.1, 0.15) is 21.6 Å². The lowest BCUT2D eigenvalue weighted by molar-refractivity contribution is 0.0946. The maximum Gasteiger partial charge on any atom is 0.267 e. The first-order valence-electron chi connectivity index (χ1n) is 8.89. The van der Waals surface area contributed by atoms with Gasteiger partial charge in [0.15, 0.2) is 0 Å². The fourth-order valence-corrected chi connectivity index (χ4v) is 2.93. The van der Waals surface area contributed by atoms with Crippen molar-refractivity contribution in [3.8, 4) is 5.75 Å². The Morgan fingerprint density at radius 2 is 1.56 bits per heavy atom. The van der Waals surface area contributed by atoms with Gasteiger partial charge in [-0.15, -0.1) is 0 Å². The van der Waals surface area contributed by atoms with E-state index in [0.29, 0.717) is 18.8 Å². The number of nitrogens with one attached hydrogen (secondary N) is 2. The lowest BCUT2D eigenvalue weighted by atomic mass is 10.2. The maximum absolute atomic E-state index is 12.4. The number of H-pyrrole nitrogens is 1. The lowest BCUT2D eigenvalue weighted by Gasteiger charge is -2.06. The van der Waals surface area contributed by atoms with E-state index >= 15 is 0 Å². The third-order valence-electron chi connectivity index (χ3n) is 4.38. The molecule has 4 nitrogen and oxygen atoms in total. The minimum atomic E-state index is -0.123. The van der Waals surface area contributed by atoms with Crippen molar-refractivity contribution >= 4 is 16.8 Å². The summed E-state index contributed by atoms with van der Waals surface area (Å²) in [6, 6.07) is 27.5. The van der Waals surface area contributed by atoms with Crippen molar-refractivity contribution < 1.29 is 9.53 Å². The van der Waals surface area contributed by atoms with Crippen molar-refractivity contribution in [1.82, 2.24) is 10.3 Å². The summed E-state index contributed by atoms with van der Waals surface area (Å²) in [5.74, 6) is 0.645. The number of hydrogen-bond donors (Lipinski definition) is 2. The summed E-state index contributed by atoms with van der Waals surface area (Å²) in [7, 11) is 0. The van der Waals surface area contributed by atoms with E-state index in [1.807, 2.05) is 84.9 Å². The van der Waals surface area contributed by atoms with Crippen molar-refractivity contribution in [2.45, 2.75) is 13.2 Å². The van der Waals surface area contributed by atoms with E-state index < -0.39 is 0 Å². The summed E-state index contributed by atoms with van der Waals surface area (Å²) in [4.78, 5) is 15.6. The molecule has 134 valence electrons. The zero-order valence-corrected chi connectivity index (χ0v) is 14.8. The van der Waals surface area contributed by atoms with Gasteiger partial charge in [-0.25, -0.2) is 0 Å². The van der Waals surface area contributed by atoms with Crippen molar-refractivity contribution in [1.29, 1.82) is 0 Å². The number of amides is 1. The molecule has 27 heavy (non-hydrogen) atoms. The van der Waals surface area contributed by atoms with Crippen molar-refractivity contribution in [2.24, 2.45) is 0 Å². The molecule has 0 saturated heterocycles. The van der Waals surface area contributed by atoms with Crippen molar-refractivity contribution in [2.75, 3.05) is 0 Å². The quantitative estimate of drug-likeness (QED) is 0.527. The van der Waals surface area contributed by atoms with Crippen LogP contribution >= 0.6 is 0 Å².